The first-order valence-electron chi connectivity index (χ1n) is 10.8. The number of benzene rings is 1. The number of rotatable bonds is 7. The van der Waals surface area contributed by atoms with Crippen molar-refractivity contribution in [3.8, 4) is 0 Å². The average molecular weight is 456 g/mol. The van der Waals surface area contributed by atoms with Crippen molar-refractivity contribution < 1.29 is 14.3 Å². The van der Waals surface area contributed by atoms with Crippen molar-refractivity contribution in [3.05, 3.63) is 47.1 Å². The lowest BCUT2D eigenvalue weighted by atomic mass is 10.0. The number of carbonyl (C=O) groups is 2. The molecule has 1 aromatic carbocycles. The van der Waals surface area contributed by atoms with E-state index in [2.05, 4.69) is 39.3 Å². The topological polar surface area (TPSA) is 99.3 Å². The largest absolute Gasteiger partial charge is 0.373 e. The lowest BCUT2D eigenvalue weighted by molar-refractivity contribution is -0.125. The van der Waals surface area contributed by atoms with Crippen molar-refractivity contribution in [3.63, 3.8) is 0 Å². The Morgan fingerprint density at radius 2 is 2.03 bits per heavy atom. The van der Waals surface area contributed by atoms with Crippen LogP contribution in [0.5, 0.6) is 0 Å². The molecule has 0 saturated carbocycles. The van der Waals surface area contributed by atoms with Gasteiger partial charge >= 0.3 is 0 Å². The van der Waals surface area contributed by atoms with E-state index < -0.39 is 6.04 Å². The minimum Gasteiger partial charge on any atom is -0.373 e. The van der Waals surface area contributed by atoms with Crippen molar-refractivity contribution in [2.24, 2.45) is 0 Å². The molecule has 32 heavy (non-hydrogen) atoms. The van der Waals surface area contributed by atoms with E-state index >= 15 is 0 Å². The van der Waals surface area contributed by atoms with Gasteiger partial charge in [0.2, 0.25) is 11.8 Å². The lowest BCUT2D eigenvalue weighted by Crippen LogP contribution is -2.45. The Kier molecular flexibility index (Phi) is 6.88. The predicted octanol–water partition coefficient (Wildman–Crippen LogP) is 2.92. The molecule has 170 valence electrons. The number of hydrogen-bond acceptors (Lipinski definition) is 6. The number of hydrogen-bond donors (Lipinski definition) is 3. The SMILES string of the molecule is CC(=O)N[C@H](Cc1c[nH]c2ccccc12)C(=O)Nc1nc(CN2C[C@@H](C)O[C@@H](C)C2)cs1. The number of H-pyrrole nitrogens is 1. The Morgan fingerprint density at radius 1 is 1.28 bits per heavy atom. The molecule has 0 unspecified atom stereocenters. The van der Waals surface area contributed by atoms with E-state index in [0.717, 1.165) is 41.8 Å². The van der Waals surface area contributed by atoms with Crippen LogP contribution in [0.2, 0.25) is 0 Å². The number of anilines is 1. The Hall–Kier alpha value is -2.75. The molecule has 0 aliphatic carbocycles. The van der Waals surface area contributed by atoms with E-state index in [1.54, 1.807) is 0 Å². The van der Waals surface area contributed by atoms with Crippen molar-refractivity contribution in [2.75, 3.05) is 18.4 Å². The summed E-state index contributed by atoms with van der Waals surface area (Å²) in [6.45, 7) is 8.00. The number of thiazole rings is 1. The van der Waals surface area contributed by atoms with Crippen LogP contribution in [0.3, 0.4) is 0 Å². The Bertz CT molecular complexity index is 1080. The third-order valence-electron chi connectivity index (χ3n) is 5.46. The van der Waals surface area contributed by atoms with Gasteiger partial charge in [0.25, 0.3) is 0 Å². The van der Waals surface area contributed by atoms with E-state index in [1.807, 2.05) is 35.8 Å². The van der Waals surface area contributed by atoms with Crippen molar-refractivity contribution in [1.82, 2.24) is 20.2 Å². The molecule has 2 aromatic heterocycles. The number of morpholine rings is 1. The molecule has 4 rings (SSSR count). The van der Waals surface area contributed by atoms with Gasteiger partial charge in [-0.05, 0) is 25.5 Å². The van der Waals surface area contributed by atoms with Crippen LogP contribution in [0, 0.1) is 0 Å². The van der Waals surface area contributed by atoms with Gasteiger partial charge < -0.3 is 20.4 Å². The third kappa shape index (κ3) is 5.53. The van der Waals surface area contributed by atoms with Gasteiger partial charge in [0.15, 0.2) is 5.13 Å². The number of ether oxygens (including phenoxy) is 1. The van der Waals surface area contributed by atoms with Gasteiger partial charge in [-0.3, -0.25) is 14.5 Å². The second-order valence-electron chi connectivity index (χ2n) is 8.40. The summed E-state index contributed by atoms with van der Waals surface area (Å²) in [5, 5.41) is 9.20. The molecule has 2 amide bonds. The lowest BCUT2D eigenvalue weighted by Gasteiger charge is -2.34. The molecule has 3 atom stereocenters. The first-order chi connectivity index (χ1) is 15.4. The van der Waals surface area contributed by atoms with Gasteiger partial charge in [-0.25, -0.2) is 4.98 Å². The van der Waals surface area contributed by atoms with Gasteiger partial charge in [-0.2, -0.15) is 0 Å². The summed E-state index contributed by atoms with van der Waals surface area (Å²) in [6, 6.07) is 7.21. The zero-order chi connectivity index (χ0) is 22.7. The Balaban J connectivity index is 1.41. The highest BCUT2D eigenvalue weighted by atomic mass is 32.1. The molecule has 8 nitrogen and oxygen atoms in total. The van der Waals surface area contributed by atoms with Gasteiger partial charge in [0.1, 0.15) is 6.04 Å². The van der Waals surface area contributed by atoms with E-state index in [4.69, 9.17) is 4.74 Å². The second kappa shape index (κ2) is 9.81. The molecule has 0 bridgehead atoms. The first-order valence-corrected chi connectivity index (χ1v) is 11.7. The van der Waals surface area contributed by atoms with Crippen LogP contribution in [0.25, 0.3) is 10.9 Å². The monoisotopic (exact) mass is 455 g/mol. The molecule has 1 saturated heterocycles. The highest BCUT2D eigenvalue weighted by Crippen LogP contribution is 2.22. The van der Waals surface area contributed by atoms with Crippen LogP contribution in [0.1, 0.15) is 32.0 Å². The molecule has 3 heterocycles. The van der Waals surface area contributed by atoms with Gasteiger partial charge in [-0.15, -0.1) is 11.3 Å². The van der Waals surface area contributed by atoms with E-state index in [1.165, 1.54) is 18.3 Å². The van der Waals surface area contributed by atoms with Crippen LogP contribution in [-0.4, -0.2) is 58.0 Å². The first kappa shape index (κ1) is 22.4. The van der Waals surface area contributed by atoms with Gasteiger partial charge in [-0.1, -0.05) is 18.2 Å². The minimum absolute atomic E-state index is 0.194. The predicted molar refractivity (Wildman–Crippen MR) is 126 cm³/mol. The summed E-state index contributed by atoms with van der Waals surface area (Å²) in [6.07, 6.45) is 2.66. The summed E-state index contributed by atoms with van der Waals surface area (Å²) in [7, 11) is 0. The molecule has 9 heteroatoms. The van der Waals surface area contributed by atoms with E-state index in [-0.39, 0.29) is 24.0 Å². The number of nitrogens with zero attached hydrogens (tertiary/aromatic N) is 2. The van der Waals surface area contributed by atoms with Gasteiger partial charge in [0, 0.05) is 55.5 Å². The molecule has 3 N–H and O–H groups in total. The van der Waals surface area contributed by atoms with Crippen molar-refractivity contribution >= 4 is 39.2 Å². The molecule has 0 spiro atoms. The molecule has 1 fully saturated rings. The fourth-order valence-corrected chi connectivity index (χ4v) is 4.95. The number of para-hydroxylation sites is 1. The third-order valence-corrected chi connectivity index (χ3v) is 6.26. The van der Waals surface area contributed by atoms with Crippen LogP contribution < -0.4 is 10.6 Å². The molecule has 3 aromatic rings. The number of amides is 2. The summed E-state index contributed by atoms with van der Waals surface area (Å²) in [5.74, 6) is -0.527. The highest BCUT2D eigenvalue weighted by molar-refractivity contribution is 7.13. The molecule has 0 radical (unpaired) electrons. The van der Waals surface area contributed by atoms with Gasteiger partial charge in [0.05, 0.1) is 17.9 Å². The molecular weight excluding hydrogens is 426 g/mol. The summed E-state index contributed by atoms with van der Waals surface area (Å²) >= 11 is 1.40. The highest BCUT2D eigenvalue weighted by Gasteiger charge is 2.24. The molecular formula is C23H29N5O3S. The van der Waals surface area contributed by atoms with Crippen LogP contribution in [-0.2, 0) is 27.3 Å². The maximum atomic E-state index is 13.0. The molecule has 1 aliphatic heterocycles. The zero-order valence-electron chi connectivity index (χ0n) is 18.6. The maximum absolute atomic E-state index is 13.0. The quantitative estimate of drug-likeness (QED) is 0.509. The van der Waals surface area contributed by atoms with Crippen molar-refractivity contribution in [1.29, 1.82) is 0 Å². The van der Waals surface area contributed by atoms with E-state index in [0.29, 0.717) is 11.6 Å². The van der Waals surface area contributed by atoms with Crippen molar-refractivity contribution in [2.45, 2.75) is 52.0 Å². The Morgan fingerprint density at radius 3 is 2.78 bits per heavy atom. The minimum atomic E-state index is -0.694. The van der Waals surface area contributed by atoms with E-state index in [9.17, 15) is 9.59 Å². The standard InChI is InChI=1S/C23H29N5O3S/c1-14-10-28(11-15(2)31-14)12-18-13-32-23(26-18)27-22(30)21(25-16(3)29)8-17-9-24-20-7-5-4-6-19(17)20/h4-7,9,13-15,21,24H,8,10-12H2,1-3H3,(H,25,29)(H,26,27,30)/t14-,15+,21-/m1/s1. The Labute approximate surface area is 191 Å². The molecule has 1 aliphatic rings. The number of nitrogens with one attached hydrogen (secondary N) is 3. The number of aromatic amines is 1. The summed E-state index contributed by atoms with van der Waals surface area (Å²) in [4.78, 5) is 34.9. The van der Waals surface area contributed by atoms with Crippen LogP contribution in [0.4, 0.5) is 5.13 Å². The average Bonchev–Trinajstić information content (AvgIpc) is 3.33. The number of aromatic nitrogens is 2. The van der Waals surface area contributed by atoms with Crippen LogP contribution >= 0.6 is 11.3 Å². The van der Waals surface area contributed by atoms with Crippen LogP contribution in [0.15, 0.2) is 35.8 Å². The second-order valence-corrected chi connectivity index (χ2v) is 9.26. The smallest absolute Gasteiger partial charge is 0.249 e. The fourth-order valence-electron chi connectivity index (χ4n) is 4.25. The zero-order valence-corrected chi connectivity index (χ0v) is 19.4. The summed E-state index contributed by atoms with van der Waals surface area (Å²) in [5.41, 5.74) is 2.89. The number of fused-ring (bicyclic) bond motifs is 1. The maximum Gasteiger partial charge on any atom is 0.249 e. The normalized spacial score (nSPS) is 20.2. The number of carbonyl (C=O) groups excluding carboxylic acids is 2. The summed E-state index contributed by atoms with van der Waals surface area (Å²) < 4.78 is 5.79. The fraction of sp³-hybridized carbons (Fsp3) is 0.435.